The van der Waals surface area contributed by atoms with Crippen molar-refractivity contribution in [1.82, 2.24) is 10.6 Å². The molecule has 2 amide bonds. The van der Waals surface area contributed by atoms with Crippen LogP contribution in [0.15, 0.2) is 42.5 Å². The Morgan fingerprint density at radius 1 is 1.00 bits per heavy atom. The Morgan fingerprint density at radius 3 is 2.20 bits per heavy atom. The van der Waals surface area contributed by atoms with Crippen LogP contribution in [0.4, 0.5) is 0 Å². The second-order valence-corrected chi connectivity index (χ2v) is 8.03. The number of phenolic OH excluding ortho intramolecular Hbond substituents is 1. The van der Waals surface area contributed by atoms with Gasteiger partial charge in [0.1, 0.15) is 11.8 Å². The molecule has 6 nitrogen and oxygen atoms in total. The number of aromatic hydroxyl groups is 1. The predicted octanol–water partition coefficient (Wildman–Crippen LogP) is 2.52. The molecule has 2 rings (SSSR count). The first-order valence-corrected chi connectivity index (χ1v) is 10.4. The maximum Gasteiger partial charge on any atom is 0.242 e. The van der Waals surface area contributed by atoms with E-state index in [4.69, 9.17) is 5.73 Å². The smallest absolute Gasteiger partial charge is 0.242 e. The average molecular weight is 412 g/mol. The zero-order valence-corrected chi connectivity index (χ0v) is 18.2. The number of carbonyl (C=O) groups is 2. The summed E-state index contributed by atoms with van der Waals surface area (Å²) < 4.78 is 0. The summed E-state index contributed by atoms with van der Waals surface area (Å²) in [6.07, 6.45) is 2.03. The molecular weight excluding hydrogens is 378 g/mol. The lowest BCUT2D eigenvalue weighted by molar-refractivity contribution is -0.129. The normalized spacial score (nSPS) is 13.9. The van der Waals surface area contributed by atoms with Crippen LogP contribution in [0.5, 0.6) is 5.75 Å². The molecule has 0 aromatic heterocycles. The van der Waals surface area contributed by atoms with Gasteiger partial charge in [-0.3, -0.25) is 9.59 Å². The van der Waals surface area contributed by atoms with Crippen LogP contribution >= 0.6 is 0 Å². The highest BCUT2D eigenvalue weighted by Crippen LogP contribution is 2.21. The van der Waals surface area contributed by atoms with Crippen molar-refractivity contribution in [2.75, 3.05) is 0 Å². The first-order chi connectivity index (χ1) is 14.2. The van der Waals surface area contributed by atoms with Crippen LogP contribution in [0.25, 0.3) is 0 Å². The predicted molar refractivity (Wildman–Crippen MR) is 119 cm³/mol. The molecule has 2 aromatic rings. The van der Waals surface area contributed by atoms with E-state index in [9.17, 15) is 14.7 Å². The Balaban J connectivity index is 1.83. The quantitative estimate of drug-likeness (QED) is 0.509. The molecule has 0 radical (unpaired) electrons. The number of rotatable bonds is 9. The summed E-state index contributed by atoms with van der Waals surface area (Å²) in [5.74, 6) is -0.409. The molecule has 30 heavy (non-hydrogen) atoms. The van der Waals surface area contributed by atoms with Gasteiger partial charge in [0, 0.05) is 6.04 Å². The van der Waals surface area contributed by atoms with E-state index < -0.39 is 12.1 Å². The number of carbonyl (C=O) groups excluding carboxylic acids is 2. The van der Waals surface area contributed by atoms with E-state index in [0.29, 0.717) is 6.42 Å². The molecule has 0 fully saturated rings. The summed E-state index contributed by atoms with van der Waals surface area (Å²) in [5.41, 5.74) is 10.0. The molecule has 0 aliphatic carbocycles. The largest absolute Gasteiger partial charge is 0.508 e. The van der Waals surface area contributed by atoms with Crippen molar-refractivity contribution in [3.63, 3.8) is 0 Å². The van der Waals surface area contributed by atoms with E-state index >= 15 is 0 Å². The van der Waals surface area contributed by atoms with Gasteiger partial charge in [0.05, 0.1) is 6.04 Å². The molecular formula is C24H33N3O3. The van der Waals surface area contributed by atoms with Gasteiger partial charge in [0.25, 0.3) is 0 Å². The number of benzene rings is 2. The number of phenols is 1. The van der Waals surface area contributed by atoms with Gasteiger partial charge in [-0.05, 0) is 81.3 Å². The lowest BCUT2D eigenvalue weighted by Gasteiger charge is -2.21. The number of hydrogen-bond acceptors (Lipinski definition) is 4. The van der Waals surface area contributed by atoms with Crippen LogP contribution in [0.2, 0.25) is 0 Å². The van der Waals surface area contributed by atoms with Crippen LogP contribution < -0.4 is 16.4 Å². The van der Waals surface area contributed by atoms with Crippen LogP contribution in [-0.4, -0.2) is 35.0 Å². The first kappa shape index (κ1) is 23.4. The van der Waals surface area contributed by atoms with Crippen LogP contribution in [0.1, 0.15) is 42.5 Å². The fourth-order valence-electron chi connectivity index (χ4n) is 3.46. The lowest BCUT2D eigenvalue weighted by atomic mass is 9.96. The molecule has 0 aliphatic rings. The van der Waals surface area contributed by atoms with Gasteiger partial charge in [0.15, 0.2) is 0 Å². The lowest BCUT2D eigenvalue weighted by Crippen LogP contribution is -2.52. The summed E-state index contributed by atoms with van der Waals surface area (Å²) in [4.78, 5) is 24.9. The Labute approximate surface area is 178 Å². The van der Waals surface area contributed by atoms with E-state index in [1.54, 1.807) is 19.1 Å². The third kappa shape index (κ3) is 6.88. The highest BCUT2D eigenvalue weighted by atomic mass is 16.3. The maximum atomic E-state index is 12.5. The summed E-state index contributed by atoms with van der Waals surface area (Å²) in [6.45, 7) is 7.36. The third-order valence-corrected chi connectivity index (χ3v) is 5.29. The van der Waals surface area contributed by atoms with E-state index in [-0.39, 0.29) is 23.6 Å². The second-order valence-electron chi connectivity index (χ2n) is 8.03. The number of aryl methyl sites for hydroxylation is 3. The zero-order valence-electron chi connectivity index (χ0n) is 18.2. The fraction of sp³-hybridized carbons (Fsp3) is 0.417. The number of hydrogen-bond donors (Lipinski definition) is 4. The van der Waals surface area contributed by atoms with Crippen molar-refractivity contribution < 1.29 is 14.7 Å². The van der Waals surface area contributed by atoms with Gasteiger partial charge >= 0.3 is 0 Å². The monoisotopic (exact) mass is 411 g/mol. The molecule has 2 aromatic carbocycles. The van der Waals surface area contributed by atoms with Crippen molar-refractivity contribution in [1.29, 1.82) is 0 Å². The molecule has 5 N–H and O–H groups in total. The van der Waals surface area contributed by atoms with Gasteiger partial charge < -0.3 is 21.5 Å². The van der Waals surface area contributed by atoms with Gasteiger partial charge in [-0.1, -0.05) is 30.3 Å². The Kier molecular flexibility index (Phi) is 8.42. The van der Waals surface area contributed by atoms with Crippen molar-refractivity contribution in [2.45, 2.75) is 65.1 Å². The summed E-state index contributed by atoms with van der Waals surface area (Å²) in [7, 11) is 0. The summed E-state index contributed by atoms with van der Waals surface area (Å²) in [6, 6.07) is 12.0. The fourth-order valence-corrected chi connectivity index (χ4v) is 3.46. The molecule has 0 saturated carbocycles. The molecule has 0 aliphatic heterocycles. The first-order valence-electron chi connectivity index (χ1n) is 10.4. The zero-order chi connectivity index (χ0) is 22.3. The third-order valence-electron chi connectivity index (χ3n) is 5.29. The second kappa shape index (κ2) is 10.8. The summed E-state index contributed by atoms with van der Waals surface area (Å²) >= 11 is 0. The Morgan fingerprint density at radius 2 is 1.60 bits per heavy atom. The highest BCUT2D eigenvalue weighted by molar-refractivity contribution is 5.89. The van der Waals surface area contributed by atoms with Crippen LogP contribution in [0.3, 0.4) is 0 Å². The molecule has 0 saturated heterocycles. The average Bonchev–Trinajstić information content (AvgIpc) is 2.69. The SMILES string of the molecule is Cc1cc(O)cc(C)c1C[C@H](N)C(=O)N[C@H](C)C(=O)NC(C)CCc1ccccc1. The van der Waals surface area contributed by atoms with Crippen molar-refractivity contribution in [3.8, 4) is 5.75 Å². The van der Waals surface area contributed by atoms with Gasteiger partial charge in [-0.2, -0.15) is 0 Å². The summed E-state index contributed by atoms with van der Waals surface area (Å²) in [5, 5.41) is 15.3. The molecule has 0 bridgehead atoms. The van der Waals surface area contributed by atoms with Crippen molar-refractivity contribution in [3.05, 3.63) is 64.7 Å². The molecule has 0 spiro atoms. The standard InChI is InChI=1S/C24H33N3O3/c1-15-12-20(28)13-16(2)21(15)14-22(25)24(30)27-18(4)23(29)26-17(3)10-11-19-8-6-5-7-9-19/h5-9,12-13,17-18,22,28H,10-11,14,25H2,1-4H3,(H,26,29)(H,27,30)/t17?,18-,22+/m1/s1. The topological polar surface area (TPSA) is 104 Å². The minimum atomic E-state index is -0.780. The molecule has 1 unspecified atom stereocenters. The van der Waals surface area contributed by atoms with Gasteiger partial charge in [0.2, 0.25) is 11.8 Å². The Bertz CT molecular complexity index is 844. The van der Waals surface area contributed by atoms with Crippen LogP contribution in [0, 0.1) is 13.8 Å². The Hall–Kier alpha value is -2.86. The molecule has 0 heterocycles. The molecule has 162 valence electrons. The van der Waals surface area contributed by atoms with E-state index in [1.165, 1.54) is 5.56 Å². The van der Waals surface area contributed by atoms with Gasteiger partial charge in [-0.25, -0.2) is 0 Å². The minimum Gasteiger partial charge on any atom is -0.508 e. The number of nitrogens with one attached hydrogen (secondary N) is 2. The number of amides is 2. The highest BCUT2D eigenvalue weighted by Gasteiger charge is 2.22. The van der Waals surface area contributed by atoms with Crippen molar-refractivity contribution in [2.24, 2.45) is 5.73 Å². The van der Waals surface area contributed by atoms with E-state index in [1.807, 2.05) is 39.0 Å². The van der Waals surface area contributed by atoms with E-state index in [2.05, 4.69) is 22.8 Å². The van der Waals surface area contributed by atoms with Crippen LogP contribution in [-0.2, 0) is 22.4 Å². The maximum absolute atomic E-state index is 12.5. The van der Waals surface area contributed by atoms with Gasteiger partial charge in [-0.15, -0.1) is 0 Å². The minimum absolute atomic E-state index is 0.00646. The number of nitrogens with two attached hydrogens (primary N) is 1. The van der Waals surface area contributed by atoms with Crippen molar-refractivity contribution >= 4 is 11.8 Å². The molecule has 6 heteroatoms. The molecule has 3 atom stereocenters. The van der Waals surface area contributed by atoms with E-state index in [0.717, 1.165) is 29.5 Å².